The van der Waals surface area contributed by atoms with Crippen LogP contribution < -0.4 is 0 Å². The van der Waals surface area contributed by atoms with Gasteiger partial charge in [-0.2, -0.15) is 4.31 Å². The Morgan fingerprint density at radius 1 is 1.13 bits per heavy atom. The van der Waals surface area contributed by atoms with Crippen molar-refractivity contribution in [3.63, 3.8) is 0 Å². The maximum Gasteiger partial charge on any atom is 0.236 e. The van der Waals surface area contributed by atoms with Crippen molar-refractivity contribution >= 4 is 21.9 Å². The molecule has 23 heavy (non-hydrogen) atoms. The van der Waals surface area contributed by atoms with Crippen LogP contribution in [0.25, 0.3) is 6.08 Å². The molecule has 1 aromatic carbocycles. The molecule has 5 nitrogen and oxygen atoms in total. The van der Waals surface area contributed by atoms with Crippen molar-refractivity contribution in [2.75, 3.05) is 26.3 Å². The van der Waals surface area contributed by atoms with Gasteiger partial charge < -0.3 is 4.74 Å². The molecule has 0 unspecified atom stereocenters. The smallest absolute Gasteiger partial charge is 0.236 e. The molecule has 2 aliphatic rings. The summed E-state index contributed by atoms with van der Waals surface area (Å²) in [5, 5.41) is 1.26. The monoisotopic (exact) mass is 335 g/mol. The summed E-state index contributed by atoms with van der Waals surface area (Å²) < 4.78 is 31.0. The summed E-state index contributed by atoms with van der Waals surface area (Å²) in [6, 6.07) is 7.79. The molecule has 0 amide bonds. The fraction of sp³-hybridized carbons (Fsp3) is 0.471. The first-order valence-corrected chi connectivity index (χ1v) is 9.42. The van der Waals surface area contributed by atoms with E-state index in [1.165, 1.54) is 9.71 Å². The summed E-state index contributed by atoms with van der Waals surface area (Å²) in [6.45, 7) is 1.70. The van der Waals surface area contributed by atoms with Crippen LogP contribution in [0.1, 0.15) is 36.3 Å². The number of carbonyl (C=O) groups excluding carboxylic acids is 1. The zero-order valence-corrected chi connectivity index (χ0v) is 13.8. The fourth-order valence-corrected chi connectivity index (χ4v) is 4.19. The molecule has 0 radical (unpaired) electrons. The van der Waals surface area contributed by atoms with Gasteiger partial charge in [0.2, 0.25) is 10.0 Å². The number of hydrogen-bond acceptors (Lipinski definition) is 4. The predicted octanol–water partition coefficient (Wildman–Crippen LogP) is 2.16. The van der Waals surface area contributed by atoms with E-state index in [4.69, 9.17) is 4.74 Å². The molecule has 2 fully saturated rings. The van der Waals surface area contributed by atoms with Gasteiger partial charge in [0.1, 0.15) is 5.78 Å². The number of morpholine rings is 1. The molecule has 1 aliphatic carbocycles. The van der Waals surface area contributed by atoms with Crippen LogP contribution in [-0.4, -0.2) is 44.8 Å². The summed E-state index contributed by atoms with van der Waals surface area (Å²) in [4.78, 5) is 11.4. The van der Waals surface area contributed by atoms with E-state index in [1.807, 2.05) is 24.3 Å². The van der Waals surface area contributed by atoms with Gasteiger partial charge in [0, 0.05) is 31.3 Å². The van der Waals surface area contributed by atoms with E-state index in [0.717, 1.165) is 17.5 Å². The van der Waals surface area contributed by atoms with E-state index < -0.39 is 10.0 Å². The number of carbonyl (C=O) groups is 1. The van der Waals surface area contributed by atoms with Crippen molar-refractivity contribution in [2.24, 2.45) is 0 Å². The molecule has 0 N–H and O–H groups in total. The molecule has 3 rings (SSSR count). The average molecular weight is 335 g/mol. The van der Waals surface area contributed by atoms with Crippen molar-refractivity contribution in [1.29, 1.82) is 0 Å². The minimum Gasteiger partial charge on any atom is -0.379 e. The first-order valence-electron chi connectivity index (χ1n) is 7.92. The molecule has 6 heteroatoms. The Hall–Kier alpha value is -1.50. The second-order valence-electron chi connectivity index (χ2n) is 6.00. The highest BCUT2D eigenvalue weighted by Gasteiger charge is 2.23. The Bertz CT molecular complexity index is 688. The van der Waals surface area contributed by atoms with Crippen molar-refractivity contribution in [2.45, 2.75) is 25.2 Å². The SMILES string of the molecule is O=C1CC[C@@H](c2ccc(/C=C/S(=O)(=O)N3CCOCC3)cc2)C1. The molecule has 0 bridgehead atoms. The van der Waals surface area contributed by atoms with Crippen LogP contribution in [0.3, 0.4) is 0 Å². The average Bonchev–Trinajstić information content (AvgIpc) is 3.01. The lowest BCUT2D eigenvalue weighted by Crippen LogP contribution is -2.39. The third-order valence-corrected chi connectivity index (χ3v) is 5.98. The van der Waals surface area contributed by atoms with Crippen molar-refractivity contribution in [3.05, 3.63) is 40.8 Å². The van der Waals surface area contributed by atoms with E-state index in [0.29, 0.717) is 50.8 Å². The Labute approximate surface area is 137 Å². The van der Waals surface area contributed by atoms with E-state index >= 15 is 0 Å². The zero-order valence-electron chi connectivity index (χ0n) is 13.0. The number of ether oxygens (including phenoxy) is 1. The Kier molecular flexibility index (Phi) is 4.94. The Morgan fingerprint density at radius 3 is 2.43 bits per heavy atom. The van der Waals surface area contributed by atoms with Crippen LogP contribution in [0.15, 0.2) is 29.7 Å². The Balaban J connectivity index is 1.66. The minimum atomic E-state index is -3.39. The zero-order chi connectivity index (χ0) is 16.3. The summed E-state index contributed by atoms with van der Waals surface area (Å²) in [5.41, 5.74) is 2.00. The molecule has 1 heterocycles. The number of hydrogen-bond donors (Lipinski definition) is 0. The van der Waals surface area contributed by atoms with Crippen molar-refractivity contribution < 1.29 is 17.9 Å². The number of rotatable bonds is 4. The molecule has 1 atom stereocenters. The highest BCUT2D eigenvalue weighted by Crippen LogP contribution is 2.32. The van der Waals surface area contributed by atoms with Crippen molar-refractivity contribution in [3.8, 4) is 0 Å². The van der Waals surface area contributed by atoms with E-state index in [-0.39, 0.29) is 0 Å². The van der Waals surface area contributed by atoms with Gasteiger partial charge in [-0.05, 0) is 29.5 Å². The van der Waals surface area contributed by atoms with Gasteiger partial charge in [0.25, 0.3) is 0 Å². The van der Waals surface area contributed by atoms with Gasteiger partial charge in [-0.1, -0.05) is 24.3 Å². The normalized spacial score (nSPS) is 23.7. The lowest BCUT2D eigenvalue weighted by atomic mass is 9.97. The van der Waals surface area contributed by atoms with Crippen LogP contribution in [0, 0.1) is 0 Å². The molecule has 0 spiro atoms. The molecule has 1 aromatic rings. The topological polar surface area (TPSA) is 63.7 Å². The maximum absolute atomic E-state index is 12.2. The van der Waals surface area contributed by atoms with Gasteiger partial charge in [0.05, 0.1) is 13.2 Å². The molecule has 1 saturated carbocycles. The van der Waals surface area contributed by atoms with Crippen LogP contribution >= 0.6 is 0 Å². The summed E-state index contributed by atoms with van der Waals surface area (Å²) in [6.07, 6.45) is 3.83. The lowest BCUT2D eigenvalue weighted by Gasteiger charge is -2.24. The molecule has 1 aliphatic heterocycles. The van der Waals surface area contributed by atoms with E-state index in [9.17, 15) is 13.2 Å². The number of nitrogens with zero attached hydrogens (tertiary/aromatic N) is 1. The second kappa shape index (κ2) is 6.95. The highest BCUT2D eigenvalue weighted by molar-refractivity contribution is 7.92. The number of ketones is 1. The van der Waals surface area contributed by atoms with Crippen molar-refractivity contribution in [1.82, 2.24) is 4.31 Å². The van der Waals surface area contributed by atoms with Crippen LogP contribution in [0.5, 0.6) is 0 Å². The molecule has 124 valence electrons. The van der Waals surface area contributed by atoms with Gasteiger partial charge in [-0.15, -0.1) is 0 Å². The first-order chi connectivity index (χ1) is 11.0. The largest absolute Gasteiger partial charge is 0.379 e. The molecule has 1 saturated heterocycles. The lowest BCUT2D eigenvalue weighted by molar-refractivity contribution is -0.117. The quantitative estimate of drug-likeness (QED) is 0.846. The third kappa shape index (κ3) is 4.07. The molecule has 0 aromatic heterocycles. The van der Waals surface area contributed by atoms with Crippen LogP contribution in [0.2, 0.25) is 0 Å². The number of Topliss-reactive ketones (excluding diaryl/α,β-unsaturated/α-hetero) is 1. The first kappa shape index (κ1) is 16.4. The Morgan fingerprint density at radius 2 is 1.83 bits per heavy atom. The summed E-state index contributed by atoms with van der Waals surface area (Å²) >= 11 is 0. The standard InChI is InChI=1S/C17H21NO4S/c19-17-6-5-16(13-17)15-3-1-14(2-4-15)7-12-23(20,21)18-8-10-22-11-9-18/h1-4,7,12,16H,5-6,8-11,13H2/b12-7+/t16-/m1/s1. The highest BCUT2D eigenvalue weighted by atomic mass is 32.2. The van der Waals surface area contributed by atoms with Gasteiger partial charge in [-0.3, -0.25) is 4.79 Å². The van der Waals surface area contributed by atoms with Crippen LogP contribution in [0.4, 0.5) is 0 Å². The third-order valence-electron chi connectivity index (χ3n) is 4.42. The van der Waals surface area contributed by atoms with E-state index in [1.54, 1.807) is 6.08 Å². The van der Waals surface area contributed by atoms with Crippen LogP contribution in [-0.2, 0) is 19.6 Å². The fourth-order valence-electron chi connectivity index (χ4n) is 3.03. The van der Waals surface area contributed by atoms with E-state index in [2.05, 4.69) is 0 Å². The summed E-state index contributed by atoms with van der Waals surface area (Å²) in [7, 11) is -3.39. The predicted molar refractivity (Wildman–Crippen MR) is 88.4 cm³/mol. The second-order valence-corrected chi connectivity index (χ2v) is 7.82. The number of benzene rings is 1. The van der Waals surface area contributed by atoms with Gasteiger partial charge in [0.15, 0.2) is 0 Å². The number of sulfonamides is 1. The molecular weight excluding hydrogens is 314 g/mol. The minimum absolute atomic E-state index is 0.317. The van der Waals surface area contributed by atoms with Gasteiger partial charge in [-0.25, -0.2) is 8.42 Å². The summed E-state index contributed by atoms with van der Waals surface area (Å²) in [5.74, 6) is 0.646. The molecular formula is C17H21NO4S. The maximum atomic E-state index is 12.2. The van der Waals surface area contributed by atoms with Gasteiger partial charge >= 0.3 is 0 Å².